The van der Waals surface area contributed by atoms with E-state index in [4.69, 9.17) is 9.84 Å². The van der Waals surface area contributed by atoms with Gasteiger partial charge in [0.15, 0.2) is 0 Å². The van der Waals surface area contributed by atoms with E-state index in [0.717, 1.165) is 10.9 Å². The topological polar surface area (TPSA) is 85.6 Å². The Morgan fingerprint density at radius 3 is 2.46 bits per heavy atom. The minimum absolute atomic E-state index is 0.0599. The van der Waals surface area contributed by atoms with Gasteiger partial charge in [0, 0.05) is 18.0 Å². The van der Waals surface area contributed by atoms with E-state index in [9.17, 15) is 13.2 Å². The number of carboxylic acid groups (broad SMARTS) is 1. The molecule has 0 saturated carbocycles. The Bertz CT molecular complexity index is 1070. The average Bonchev–Trinajstić information content (AvgIpc) is 2.98. The molecule has 3 rings (SSSR count). The first-order valence-electron chi connectivity index (χ1n) is 8.05. The molecule has 2 aromatic carbocycles. The lowest BCUT2D eigenvalue weighted by Crippen LogP contribution is -2.12. The molecule has 0 spiro atoms. The van der Waals surface area contributed by atoms with Crippen molar-refractivity contribution in [1.82, 2.24) is 3.97 Å². The van der Waals surface area contributed by atoms with E-state index in [1.54, 1.807) is 18.2 Å². The second-order valence-corrected chi connectivity index (χ2v) is 7.86. The fourth-order valence-corrected chi connectivity index (χ4v) is 4.26. The third kappa shape index (κ3) is 3.30. The lowest BCUT2D eigenvalue weighted by molar-refractivity contribution is -0.136. The van der Waals surface area contributed by atoms with E-state index in [0.29, 0.717) is 16.8 Å². The third-order valence-electron chi connectivity index (χ3n) is 4.23. The number of methoxy groups -OCH3 is 1. The van der Waals surface area contributed by atoms with E-state index in [-0.39, 0.29) is 17.7 Å². The van der Waals surface area contributed by atoms with Crippen LogP contribution in [0.3, 0.4) is 0 Å². The number of ether oxygens (including phenoxy) is 1. The first-order valence-corrected chi connectivity index (χ1v) is 9.49. The van der Waals surface area contributed by atoms with Crippen molar-refractivity contribution in [2.75, 3.05) is 7.11 Å². The largest absolute Gasteiger partial charge is 0.497 e. The predicted octanol–water partition coefficient (Wildman–Crippen LogP) is 3.21. The van der Waals surface area contributed by atoms with Gasteiger partial charge in [-0.05, 0) is 54.8 Å². The summed E-state index contributed by atoms with van der Waals surface area (Å²) >= 11 is 0. The fraction of sp³-hybridized carbons (Fsp3) is 0.211. The summed E-state index contributed by atoms with van der Waals surface area (Å²) in [4.78, 5) is 11.1. The second-order valence-electron chi connectivity index (χ2n) is 6.05. The molecule has 1 aromatic heterocycles. The van der Waals surface area contributed by atoms with Gasteiger partial charge in [0.25, 0.3) is 10.0 Å². The van der Waals surface area contributed by atoms with E-state index < -0.39 is 16.0 Å². The average molecular weight is 373 g/mol. The summed E-state index contributed by atoms with van der Waals surface area (Å²) in [5, 5.41) is 9.69. The molecule has 136 valence electrons. The summed E-state index contributed by atoms with van der Waals surface area (Å²) in [7, 11) is -2.30. The molecule has 3 aromatic rings. The second kappa shape index (κ2) is 6.84. The maximum atomic E-state index is 13.1. The number of aromatic nitrogens is 1. The van der Waals surface area contributed by atoms with Crippen LogP contribution in [0.15, 0.2) is 53.6 Å². The van der Waals surface area contributed by atoms with Gasteiger partial charge in [-0.15, -0.1) is 0 Å². The fourth-order valence-electron chi connectivity index (χ4n) is 2.88. The molecule has 0 bridgehead atoms. The zero-order valence-corrected chi connectivity index (χ0v) is 15.3. The highest BCUT2D eigenvalue weighted by Gasteiger charge is 2.21. The first kappa shape index (κ1) is 18.0. The number of hydrogen-bond donors (Lipinski definition) is 1. The summed E-state index contributed by atoms with van der Waals surface area (Å²) in [5.74, 6) is -0.352. The minimum atomic E-state index is -3.81. The monoisotopic (exact) mass is 373 g/mol. The van der Waals surface area contributed by atoms with Crippen molar-refractivity contribution in [1.29, 1.82) is 0 Å². The van der Waals surface area contributed by atoms with Gasteiger partial charge < -0.3 is 9.84 Å². The van der Waals surface area contributed by atoms with Gasteiger partial charge in [-0.1, -0.05) is 12.1 Å². The predicted molar refractivity (Wildman–Crippen MR) is 98.2 cm³/mol. The van der Waals surface area contributed by atoms with Crippen LogP contribution < -0.4 is 4.74 Å². The number of nitrogens with zero attached hydrogens (tertiary/aromatic N) is 1. The van der Waals surface area contributed by atoms with Crippen LogP contribution in [0.25, 0.3) is 10.9 Å². The summed E-state index contributed by atoms with van der Waals surface area (Å²) < 4.78 is 32.5. The summed E-state index contributed by atoms with van der Waals surface area (Å²) in [5.41, 5.74) is 2.16. The molecule has 7 heteroatoms. The zero-order valence-electron chi connectivity index (χ0n) is 14.5. The van der Waals surface area contributed by atoms with Gasteiger partial charge in [0.05, 0.1) is 17.5 Å². The van der Waals surface area contributed by atoms with Crippen molar-refractivity contribution in [2.45, 2.75) is 24.7 Å². The van der Waals surface area contributed by atoms with Gasteiger partial charge in [0.1, 0.15) is 5.75 Å². The Hall–Kier alpha value is -2.80. The van der Waals surface area contributed by atoms with E-state index in [2.05, 4.69) is 0 Å². The Labute approximate surface area is 151 Å². The van der Waals surface area contributed by atoms with Gasteiger partial charge >= 0.3 is 5.97 Å². The van der Waals surface area contributed by atoms with Crippen LogP contribution in [0.5, 0.6) is 5.75 Å². The van der Waals surface area contributed by atoms with Crippen LogP contribution in [-0.2, 0) is 21.2 Å². The van der Waals surface area contributed by atoms with Gasteiger partial charge in [0.2, 0.25) is 0 Å². The SMILES string of the molecule is COc1ccc(S(=O)(=O)n2cc(CCC(=O)O)c3ccc(C)cc32)cc1. The van der Waals surface area contributed by atoms with Crippen molar-refractivity contribution < 1.29 is 23.1 Å². The molecule has 1 heterocycles. The quantitative estimate of drug-likeness (QED) is 0.717. The van der Waals surface area contributed by atoms with Gasteiger partial charge in [-0.2, -0.15) is 0 Å². The minimum Gasteiger partial charge on any atom is -0.497 e. The number of aliphatic carboxylic acids is 1. The Morgan fingerprint density at radius 2 is 1.85 bits per heavy atom. The normalized spacial score (nSPS) is 11.6. The number of hydrogen-bond acceptors (Lipinski definition) is 4. The molecule has 0 amide bonds. The van der Waals surface area contributed by atoms with Crippen molar-refractivity contribution in [3.05, 3.63) is 59.8 Å². The summed E-state index contributed by atoms with van der Waals surface area (Å²) in [6, 6.07) is 11.7. The summed E-state index contributed by atoms with van der Waals surface area (Å²) in [6.07, 6.45) is 1.72. The number of carboxylic acids is 1. The number of carbonyl (C=O) groups is 1. The van der Waals surface area contributed by atoms with Crippen LogP contribution in [-0.4, -0.2) is 30.6 Å². The highest BCUT2D eigenvalue weighted by atomic mass is 32.2. The van der Waals surface area contributed by atoms with Crippen molar-refractivity contribution in [2.24, 2.45) is 0 Å². The third-order valence-corrected chi connectivity index (χ3v) is 5.92. The van der Waals surface area contributed by atoms with Crippen LogP contribution >= 0.6 is 0 Å². The molecule has 0 atom stereocenters. The molecule has 0 aliphatic carbocycles. The molecule has 0 fully saturated rings. The van der Waals surface area contributed by atoms with Crippen LogP contribution in [0.4, 0.5) is 0 Å². The molecule has 0 radical (unpaired) electrons. The smallest absolute Gasteiger partial charge is 0.303 e. The van der Waals surface area contributed by atoms with E-state index in [1.165, 1.54) is 29.4 Å². The molecule has 0 saturated heterocycles. The number of benzene rings is 2. The van der Waals surface area contributed by atoms with Crippen molar-refractivity contribution >= 4 is 26.9 Å². The van der Waals surface area contributed by atoms with Crippen LogP contribution in [0, 0.1) is 6.92 Å². The lowest BCUT2D eigenvalue weighted by atomic mass is 10.1. The Balaban J connectivity index is 2.15. The number of fused-ring (bicyclic) bond motifs is 1. The van der Waals surface area contributed by atoms with E-state index in [1.807, 2.05) is 19.1 Å². The maximum absolute atomic E-state index is 13.1. The molecule has 0 unspecified atom stereocenters. The summed E-state index contributed by atoms with van der Waals surface area (Å²) in [6.45, 7) is 1.88. The van der Waals surface area contributed by atoms with Crippen LogP contribution in [0.2, 0.25) is 0 Å². The standard InChI is InChI=1S/C19H19NO5S/c1-13-3-9-17-14(4-10-19(21)22)12-20(18(17)11-13)26(23,24)16-7-5-15(25-2)6-8-16/h3,5-9,11-12H,4,10H2,1-2H3,(H,21,22). The highest BCUT2D eigenvalue weighted by Crippen LogP contribution is 2.28. The molecular weight excluding hydrogens is 354 g/mol. The highest BCUT2D eigenvalue weighted by molar-refractivity contribution is 7.90. The van der Waals surface area contributed by atoms with Crippen molar-refractivity contribution in [3.63, 3.8) is 0 Å². The van der Waals surface area contributed by atoms with Crippen LogP contribution in [0.1, 0.15) is 17.5 Å². The lowest BCUT2D eigenvalue weighted by Gasteiger charge is -2.08. The molecule has 0 aliphatic rings. The number of aryl methyl sites for hydroxylation is 2. The molecule has 0 aliphatic heterocycles. The molecule has 6 nitrogen and oxygen atoms in total. The Morgan fingerprint density at radius 1 is 1.15 bits per heavy atom. The van der Waals surface area contributed by atoms with Crippen molar-refractivity contribution in [3.8, 4) is 5.75 Å². The van der Waals surface area contributed by atoms with Gasteiger partial charge in [-0.25, -0.2) is 12.4 Å². The maximum Gasteiger partial charge on any atom is 0.303 e. The van der Waals surface area contributed by atoms with Gasteiger partial charge in [-0.3, -0.25) is 4.79 Å². The first-order chi connectivity index (χ1) is 12.3. The zero-order chi connectivity index (χ0) is 18.9. The number of rotatable bonds is 6. The van der Waals surface area contributed by atoms with E-state index >= 15 is 0 Å². The molecule has 26 heavy (non-hydrogen) atoms. The Kier molecular flexibility index (Phi) is 4.73. The molecule has 1 N–H and O–H groups in total. The molecular formula is C19H19NO5S.